The number of rotatable bonds is 5. The fourth-order valence-electron chi connectivity index (χ4n) is 1.93. The van der Waals surface area contributed by atoms with Gasteiger partial charge < -0.3 is 10.2 Å². The van der Waals surface area contributed by atoms with E-state index < -0.39 is 0 Å². The number of aromatic nitrogens is 2. The van der Waals surface area contributed by atoms with Crippen molar-refractivity contribution in [2.45, 2.75) is 19.9 Å². The zero-order chi connectivity index (χ0) is 14.5. The zero-order valence-electron chi connectivity index (χ0n) is 12.1. The average molecular weight is 272 g/mol. The van der Waals surface area contributed by atoms with Crippen LogP contribution in [-0.2, 0) is 11.3 Å². The third kappa shape index (κ3) is 3.60. The van der Waals surface area contributed by atoms with Gasteiger partial charge in [0.2, 0.25) is 5.91 Å². The third-order valence-electron chi connectivity index (χ3n) is 3.13. The van der Waals surface area contributed by atoms with Crippen molar-refractivity contribution in [2.75, 3.05) is 24.3 Å². The summed E-state index contributed by atoms with van der Waals surface area (Å²) in [4.78, 5) is 14.0. The predicted molar refractivity (Wildman–Crippen MR) is 81.0 cm³/mol. The standard InChI is InChI=1S/C15H20N4O/c1-12-11-13(18(2)3)5-6-14(12)17-15(20)7-10-19-9-4-8-16-19/h4-6,8-9,11H,7,10H2,1-3H3,(H,17,20). The molecular formula is C15H20N4O. The first kappa shape index (κ1) is 14.1. The molecule has 0 radical (unpaired) electrons. The Balaban J connectivity index is 1.94. The van der Waals surface area contributed by atoms with Crippen LogP contribution >= 0.6 is 0 Å². The van der Waals surface area contributed by atoms with Crippen molar-refractivity contribution in [2.24, 2.45) is 0 Å². The van der Waals surface area contributed by atoms with Crippen molar-refractivity contribution in [3.8, 4) is 0 Å². The molecule has 0 unspecified atom stereocenters. The molecule has 106 valence electrons. The van der Waals surface area contributed by atoms with Gasteiger partial charge in [0.1, 0.15) is 0 Å². The van der Waals surface area contributed by atoms with E-state index in [0.717, 1.165) is 16.9 Å². The molecule has 5 nitrogen and oxygen atoms in total. The van der Waals surface area contributed by atoms with Gasteiger partial charge in [-0.1, -0.05) is 0 Å². The highest BCUT2D eigenvalue weighted by Gasteiger charge is 2.06. The number of hydrogen-bond acceptors (Lipinski definition) is 3. The minimum absolute atomic E-state index is 0.00111. The maximum absolute atomic E-state index is 11.9. The molecular weight excluding hydrogens is 252 g/mol. The number of carbonyl (C=O) groups is 1. The van der Waals surface area contributed by atoms with Gasteiger partial charge in [-0.25, -0.2) is 0 Å². The Morgan fingerprint density at radius 3 is 2.80 bits per heavy atom. The first-order chi connectivity index (χ1) is 9.56. The Labute approximate surface area is 119 Å². The molecule has 0 aliphatic heterocycles. The van der Waals surface area contributed by atoms with E-state index in [2.05, 4.69) is 16.5 Å². The monoisotopic (exact) mass is 272 g/mol. The van der Waals surface area contributed by atoms with Crippen molar-refractivity contribution in [1.29, 1.82) is 0 Å². The molecule has 0 atom stereocenters. The smallest absolute Gasteiger partial charge is 0.226 e. The second-order valence-corrected chi connectivity index (χ2v) is 4.96. The second-order valence-electron chi connectivity index (χ2n) is 4.96. The Hall–Kier alpha value is -2.30. The molecule has 2 rings (SSSR count). The van der Waals surface area contributed by atoms with Crippen LogP contribution in [0.15, 0.2) is 36.7 Å². The molecule has 1 N–H and O–H groups in total. The lowest BCUT2D eigenvalue weighted by Crippen LogP contribution is -2.16. The largest absolute Gasteiger partial charge is 0.378 e. The van der Waals surface area contributed by atoms with Gasteiger partial charge >= 0.3 is 0 Å². The van der Waals surface area contributed by atoms with E-state index in [9.17, 15) is 4.79 Å². The normalized spacial score (nSPS) is 10.3. The van der Waals surface area contributed by atoms with Crippen LogP contribution in [0.3, 0.4) is 0 Å². The van der Waals surface area contributed by atoms with Gasteiger partial charge in [-0.3, -0.25) is 9.48 Å². The predicted octanol–water partition coefficient (Wildman–Crippen LogP) is 2.29. The van der Waals surface area contributed by atoms with E-state index in [1.165, 1.54) is 0 Å². The summed E-state index contributed by atoms with van der Waals surface area (Å²) in [6, 6.07) is 7.84. The van der Waals surface area contributed by atoms with Gasteiger partial charge in [0.25, 0.3) is 0 Å². The van der Waals surface area contributed by atoms with E-state index in [-0.39, 0.29) is 5.91 Å². The number of hydrogen-bond donors (Lipinski definition) is 1. The summed E-state index contributed by atoms with van der Waals surface area (Å²) in [7, 11) is 3.99. The van der Waals surface area contributed by atoms with Crippen LogP contribution in [0.4, 0.5) is 11.4 Å². The fourth-order valence-corrected chi connectivity index (χ4v) is 1.93. The molecule has 0 saturated carbocycles. The minimum Gasteiger partial charge on any atom is -0.378 e. The van der Waals surface area contributed by atoms with Crippen LogP contribution in [0.25, 0.3) is 0 Å². The number of nitrogens with zero attached hydrogens (tertiary/aromatic N) is 3. The lowest BCUT2D eigenvalue weighted by molar-refractivity contribution is -0.116. The van der Waals surface area contributed by atoms with Gasteiger partial charge in [-0.05, 0) is 36.8 Å². The van der Waals surface area contributed by atoms with Crippen molar-refractivity contribution >= 4 is 17.3 Å². The molecule has 1 heterocycles. The van der Waals surface area contributed by atoms with E-state index in [1.54, 1.807) is 10.9 Å². The number of benzene rings is 1. The van der Waals surface area contributed by atoms with E-state index in [4.69, 9.17) is 0 Å². The van der Waals surface area contributed by atoms with E-state index in [1.807, 2.05) is 50.3 Å². The Bertz CT molecular complexity index is 576. The summed E-state index contributed by atoms with van der Waals surface area (Å²) in [5, 5.41) is 7.02. The number of anilines is 2. The Morgan fingerprint density at radius 1 is 1.40 bits per heavy atom. The second kappa shape index (κ2) is 6.23. The van der Waals surface area contributed by atoms with Gasteiger partial charge in [0.05, 0.1) is 0 Å². The van der Waals surface area contributed by atoms with E-state index in [0.29, 0.717) is 13.0 Å². The SMILES string of the molecule is Cc1cc(N(C)C)ccc1NC(=O)CCn1cccn1. The van der Waals surface area contributed by atoms with Crippen LogP contribution in [0, 0.1) is 6.92 Å². The minimum atomic E-state index is 0.00111. The first-order valence-corrected chi connectivity index (χ1v) is 6.61. The van der Waals surface area contributed by atoms with Gasteiger partial charge in [-0.15, -0.1) is 0 Å². The summed E-state index contributed by atoms with van der Waals surface area (Å²) < 4.78 is 1.75. The highest BCUT2D eigenvalue weighted by Crippen LogP contribution is 2.21. The summed E-state index contributed by atoms with van der Waals surface area (Å²) in [6.45, 7) is 2.59. The zero-order valence-corrected chi connectivity index (χ0v) is 12.1. The third-order valence-corrected chi connectivity index (χ3v) is 3.13. The Kier molecular flexibility index (Phi) is 4.40. The highest BCUT2D eigenvalue weighted by atomic mass is 16.1. The molecule has 1 amide bonds. The molecule has 0 spiro atoms. The molecule has 0 fully saturated rings. The van der Waals surface area contributed by atoms with Crippen molar-refractivity contribution < 1.29 is 4.79 Å². The van der Waals surface area contributed by atoms with Gasteiger partial charge in [0, 0.05) is 50.8 Å². The average Bonchev–Trinajstić information content (AvgIpc) is 2.91. The first-order valence-electron chi connectivity index (χ1n) is 6.61. The molecule has 2 aromatic rings. The van der Waals surface area contributed by atoms with Crippen LogP contribution in [0.1, 0.15) is 12.0 Å². The van der Waals surface area contributed by atoms with Crippen LogP contribution in [-0.4, -0.2) is 29.8 Å². The lowest BCUT2D eigenvalue weighted by atomic mass is 10.1. The molecule has 0 saturated heterocycles. The van der Waals surface area contributed by atoms with Crippen molar-refractivity contribution in [3.05, 3.63) is 42.2 Å². The maximum Gasteiger partial charge on any atom is 0.226 e. The molecule has 1 aromatic carbocycles. The topological polar surface area (TPSA) is 50.2 Å². The van der Waals surface area contributed by atoms with Crippen LogP contribution in [0.5, 0.6) is 0 Å². The van der Waals surface area contributed by atoms with Crippen molar-refractivity contribution in [3.63, 3.8) is 0 Å². The number of carbonyl (C=O) groups excluding carboxylic acids is 1. The van der Waals surface area contributed by atoms with Gasteiger partial charge in [0.15, 0.2) is 0 Å². The maximum atomic E-state index is 11.9. The van der Waals surface area contributed by atoms with Gasteiger partial charge in [-0.2, -0.15) is 5.10 Å². The van der Waals surface area contributed by atoms with Crippen LogP contribution in [0.2, 0.25) is 0 Å². The summed E-state index contributed by atoms with van der Waals surface area (Å²) >= 11 is 0. The van der Waals surface area contributed by atoms with Crippen LogP contribution < -0.4 is 10.2 Å². The molecule has 1 aromatic heterocycles. The summed E-state index contributed by atoms with van der Waals surface area (Å²) in [5.74, 6) is 0.00111. The molecule has 20 heavy (non-hydrogen) atoms. The van der Waals surface area contributed by atoms with E-state index >= 15 is 0 Å². The number of amides is 1. The fraction of sp³-hybridized carbons (Fsp3) is 0.333. The highest BCUT2D eigenvalue weighted by molar-refractivity contribution is 5.91. The number of aryl methyl sites for hydroxylation is 2. The Morgan fingerprint density at radius 2 is 2.20 bits per heavy atom. The summed E-state index contributed by atoms with van der Waals surface area (Å²) in [5.41, 5.74) is 3.04. The molecule has 5 heteroatoms. The quantitative estimate of drug-likeness (QED) is 0.908. The number of nitrogens with one attached hydrogen (secondary N) is 1. The molecule has 0 bridgehead atoms. The van der Waals surface area contributed by atoms with Crippen molar-refractivity contribution in [1.82, 2.24) is 9.78 Å². The summed E-state index contributed by atoms with van der Waals surface area (Å²) in [6.07, 6.45) is 3.98. The molecule has 0 aliphatic carbocycles. The lowest BCUT2D eigenvalue weighted by Gasteiger charge is -2.15. The molecule has 0 aliphatic rings.